The van der Waals surface area contributed by atoms with Gasteiger partial charge in [-0.1, -0.05) is 12.8 Å². The van der Waals surface area contributed by atoms with Gasteiger partial charge in [-0.25, -0.2) is 13.2 Å². The first-order valence-electron chi connectivity index (χ1n) is 11.2. The molecule has 0 atom stereocenters. The number of carbonyl (C=O) groups excluding carboxylic acids is 2. The molecule has 8 nitrogen and oxygen atoms in total. The predicted molar refractivity (Wildman–Crippen MR) is 128 cm³/mol. The van der Waals surface area contributed by atoms with Gasteiger partial charge in [0.05, 0.1) is 11.5 Å². The van der Waals surface area contributed by atoms with Crippen molar-refractivity contribution in [2.45, 2.75) is 43.4 Å². The summed E-state index contributed by atoms with van der Waals surface area (Å²) < 4.78 is 28.5. The Hall–Kier alpha value is -3.07. The number of urea groups is 1. The maximum atomic E-state index is 12.4. The number of likely N-dealkylation sites (tertiary alicyclic amines) is 1. The van der Waals surface area contributed by atoms with Crippen LogP contribution in [0.1, 0.15) is 38.5 Å². The largest absolute Gasteiger partial charge is 0.494 e. The summed E-state index contributed by atoms with van der Waals surface area (Å²) >= 11 is 0. The van der Waals surface area contributed by atoms with Gasteiger partial charge in [0.25, 0.3) is 0 Å². The fourth-order valence-corrected chi connectivity index (χ4v) is 4.17. The molecule has 1 heterocycles. The van der Waals surface area contributed by atoms with Gasteiger partial charge in [-0.15, -0.1) is 0 Å². The van der Waals surface area contributed by atoms with E-state index in [-0.39, 0.29) is 23.3 Å². The molecule has 0 radical (unpaired) electrons. The minimum atomic E-state index is -3.23. The standard InChI is InChI=1S/C24H31N3O5S/c1-33(30,31)22-14-12-21(13-15-22)32-18-6-7-23(28)25-19-8-10-20(11-9-19)26-24(29)27-16-4-2-3-5-17-27/h8-15H,2-7,16-18H2,1H3,(H,25,28)(H,26,29). The van der Waals surface area contributed by atoms with Crippen molar-refractivity contribution in [2.24, 2.45) is 0 Å². The summed E-state index contributed by atoms with van der Waals surface area (Å²) in [7, 11) is -3.23. The van der Waals surface area contributed by atoms with E-state index in [9.17, 15) is 18.0 Å². The summed E-state index contributed by atoms with van der Waals surface area (Å²) in [6.07, 6.45) is 6.38. The lowest BCUT2D eigenvalue weighted by Gasteiger charge is -2.20. The normalized spacial score (nSPS) is 14.3. The monoisotopic (exact) mass is 473 g/mol. The molecule has 2 N–H and O–H groups in total. The van der Waals surface area contributed by atoms with Gasteiger partial charge in [0.1, 0.15) is 5.75 Å². The van der Waals surface area contributed by atoms with Gasteiger partial charge in [0.15, 0.2) is 9.84 Å². The molecule has 0 aliphatic carbocycles. The molecule has 2 aromatic carbocycles. The Morgan fingerprint density at radius 1 is 0.879 bits per heavy atom. The van der Waals surface area contributed by atoms with Crippen LogP contribution in [0.15, 0.2) is 53.4 Å². The fraction of sp³-hybridized carbons (Fsp3) is 0.417. The summed E-state index contributed by atoms with van der Waals surface area (Å²) in [6.45, 7) is 1.92. The van der Waals surface area contributed by atoms with E-state index in [2.05, 4.69) is 10.6 Å². The van der Waals surface area contributed by atoms with Crippen molar-refractivity contribution in [1.82, 2.24) is 4.90 Å². The molecule has 2 aromatic rings. The second-order valence-corrected chi connectivity index (χ2v) is 10.2. The van der Waals surface area contributed by atoms with Crippen LogP contribution >= 0.6 is 0 Å². The van der Waals surface area contributed by atoms with Gasteiger partial charge in [-0.05, 0) is 67.8 Å². The molecular formula is C24H31N3O5S. The minimum Gasteiger partial charge on any atom is -0.494 e. The molecule has 178 valence electrons. The third-order valence-corrected chi connectivity index (χ3v) is 6.51. The van der Waals surface area contributed by atoms with Crippen LogP contribution in [0.5, 0.6) is 5.75 Å². The van der Waals surface area contributed by atoms with E-state index in [0.29, 0.717) is 30.2 Å². The molecule has 0 saturated carbocycles. The summed E-state index contributed by atoms with van der Waals surface area (Å²) in [4.78, 5) is 26.7. The Balaban J connectivity index is 1.37. The third-order valence-electron chi connectivity index (χ3n) is 5.38. The SMILES string of the molecule is CS(=O)(=O)c1ccc(OCCCC(=O)Nc2ccc(NC(=O)N3CCCCCC3)cc2)cc1. The lowest BCUT2D eigenvalue weighted by atomic mass is 10.2. The number of nitrogens with one attached hydrogen (secondary N) is 2. The summed E-state index contributed by atoms with van der Waals surface area (Å²) in [5.74, 6) is 0.424. The van der Waals surface area contributed by atoms with Crippen molar-refractivity contribution in [1.29, 1.82) is 0 Å². The quantitative estimate of drug-likeness (QED) is 0.557. The first-order chi connectivity index (χ1) is 15.8. The van der Waals surface area contributed by atoms with Crippen LogP contribution in [0.2, 0.25) is 0 Å². The van der Waals surface area contributed by atoms with Gasteiger partial charge < -0.3 is 20.3 Å². The summed E-state index contributed by atoms with van der Waals surface area (Å²) in [5.41, 5.74) is 1.35. The third kappa shape index (κ3) is 8.09. The van der Waals surface area contributed by atoms with Crippen molar-refractivity contribution in [3.8, 4) is 5.75 Å². The average Bonchev–Trinajstić information content (AvgIpc) is 3.08. The Kier molecular flexibility index (Phi) is 8.71. The van der Waals surface area contributed by atoms with E-state index in [0.717, 1.165) is 32.2 Å². The van der Waals surface area contributed by atoms with Crippen LogP contribution in [0.25, 0.3) is 0 Å². The van der Waals surface area contributed by atoms with Crippen molar-refractivity contribution < 1.29 is 22.7 Å². The average molecular weight is 474 g/mol. The van der Waals surface area contributed by atoms with Crippen LogP contribution in [-0.2, 0) is 14.6 Å². The number of rotatable bonds is 8. The molecular weight excluding hydrogens is 442 g/mol. The number of anilines is 2. The lowest BCUT2D eigenvalue weighted by Crippen LogP contribution is -2.35. The van der Waals surface area contributed by atoms with Crippen molar-refractivity contribution in [3.63, 3.8) is 0 Å². The van der Waals surface area contributed by atoms with E-state index in [1.165, 1.54) is 25.0 Å². The number of hydrogen-bond donors (Lipinski definition) is 2. The highest BCUT2D eigenvalue weighted by molar-refractivity contribution is 7.90. The zero-order valence-electron chi connectivity index (χ0n) is 18.9. The number of amides is 3. The van der Waals surface area contributed by atoms with Gasteiger partial charge in [0, 0.05) is 37.1 Å². The number of ether oxygens (including phenoxy) is 1. The molecule has 0 unspecified atom stereocenters. The fourth-order valence-electron chi connectivity index (χ4n) is 3.54. The van der Waals surface area contributed by atoms with Gasteiger partial charge in [-0.2, -0.15) is 0 Å². The Morgan fingerprint density at radius 2 is 1.45 bits per heavy atom. The van der Waals surface area contributed by atoms with Gasteiger partial charge >= 0.3 is 6.03 Å². The predicted octanol–water partition coefficient (Wildman–Crippen LogP) is 4.30. The molecule has 0 aromatic heterocycles. The smallest absolute Gasteiger partial charge is 0.321 e. The van der Waals surface area contributed by atoms with Crippen molar-refractivity contribution in [2.75, 3.05) is 36.6 Å². The molecule has 0 spiro atoms. The van der Waals surface area contributed by atoms with Crippen LogP contribution < -0.4 is 15.4 Å². The van der Waals surface area contributed by atoms with Gasteiger partial charge in [-0.3, -0.25) is 4.79 Å². The van der Waals surface area contributed by atoms with Crippen LogP contribution in [0.3, 0.4) is 0 Å². The lowest BCUT2D eigenvalue weighted by molar-refractivity contribution is -0.116. The molecule has 3 amide bonds. The Labute approximate surface area is 195 Å². The molecule has 1 aliphatic heterocycles. The molecule has 33 heavy (non-hydrogen) atoms. The van der Waals surface area contributed by atoms with Crippen LogP contribution in [0.4, 0.5) is 16.2 Å². The summed E-state index contributed by atoms with van der Waals surface area (Å²) in [5, 5.41) is 5.75. The minimum absolute atomic E-state index is 0.0837. The van der Waals surface area contributed by atoms with Gasteiger partial charge in [0.2, 0.25) is 5.91 Å². The van der Waals surface area contributed by atoms with E-state index in [1.54, 1.807) is 36.4 Å². The van der Waals surface area contributed by atoms with Crippen molar-refractivity contribution in [3.05, 3.63) is 48.5 Å². The Morgan fingerprint density at radius 3 is 2.03 bits per heavy atom. The van der Waals surface area contributed by atoms with Crippen LogP contribution in [-0.4, -0.2) is 51.2 Å². The molecule has 9 heteroatoms. The van der Waals surface area contributed by atoms with E-state index < -0.39 is 9.84 Å². The van der Waals surface area contributed by atoms with Crippen molar-refractivity contribution >= 4 is 33.2 Å². The van der Waals surface area contributed by atoms with E-state index in [1.807, 2.05) is 4.90 Å². The molecule has 0 bridgehead atoms. The summed E-state index contributed by atoms with van der Waals surface area (Å²) in [6, 6.07) is 13.2. The zero-order valence-corrected chi connectivity index (χ0v) is 19.7. The number of carbonyl (C=O) groups is 2. The van der Waals surface area contributed by atoms with E-state index in [4.69, 9.17) is 4.74 Å². The number of nitrogens with zero attached hydrogens (tertiary/aromatic N) is 1. The first kappa shape index (κ1) is 24.6. The maximum absolute atomic E-state index is 12.4. The van der Waals surface area contributed by atoms with Crippen LogP contribution in [0, 0.1) is 0 Å². The molecule has 1 saturated heterocycles. The maximum Gasteiger partial charge on any atom is 0.321 e. The highest BCUT2D eigenvalue weighted by Gasteiger charge is 2.15. The Bertz CT molecular complexity index is 1030. The number of sulfone groups is 1. The highest BCUT2D eigenvalue weighted by Crippen LogP contribution is 2.18. The second kappa shape index (κ2) is 11.7. The molecule has 3 rings (SSSR count). The highest BCUT2D eigenvalue weighted by atomic mass is 32.2. The number of benzene rings is 2. The second-order valence-electron chi connectivity index (χ2n) is 8.15. The zero-order chi connectivity index (χ0) is 23.7. The first-order valence-corrected chi connectivity index (χ1v) is 13.1. The molecule has 1 aliphatic rings. The topological polar surface area (TPSA) is 105 Å². The molecule has 1 fully saturated rings. The number of hydrogen-bond acceptors (Lipinski definition) is 5. The van der Waals surface area contributed by atoms with E-state index >= 15 is 0 Å².